The van der Waals surface area contributed by atoms with Crippen LogP contribution in [0.15, 0.2) is 12.7 Å². The number of nitrogen functional groups attached to an aromatic ring is 1. The molecule has 3 rings (SSSR count). The van der Waals surface area contributed by atoms with Crippen molar-refractivity contribution in [3.63, 3.8) is 0 Å². The van der Waals surface area contributed by atoms with E-state index in [1.165, 1.54) is 12.7 Å². The van der Waals surface area contributed by atoms with E-state index < -0.39 is 24.5 Å². The smallest absolute Gasteiger partial charge is 0.167 e. The molecule has 0 bridgehead atoms. The Morgan fingerprint density at radius 1 is 1.35 bits per heavy atom. The molecule has 1 aliphatic rings. The molecular formula is C13H19N5O5. The first kappa shape index (κ1) is 16.0. The van der Waals surface area contributed by atoms with Crippen molar-refractivity contribution in [2.45, 2.75) is 24.5 Å². The molecule has 2 aromatic heterocycles. The minimum Gasteiger partial charge on any atom is -0.394 e. The Kier molecular flexibility index (Phi) is 4.68. The maximum Gasteiger partial charge on any atom is 0.167 e. The number of imidazole rings is 1. The van der Waals surface area contributed by atoms with Gasteiger partial charge in [-0.05, 0) is 0 Å². The summed E-state index contributed by atoms with van der Waals surface area (Å²) in [6.07, 6.45) is -0.317. The van der Waals surface area contributed by atoms with E-state index in [4.69, 9.17) is 19.9 Å². The van der Waals surface area contributed by atoms with Gasteiger partial charge in [-0.15, -0.1) is 0 Å². The second-order valence-corrected chi connectivity index (χ2v) is 5.15. The summed E-state index contributed by atoms with van der Waals surface area (Å²) in [5, 5.41) is 19.7. The summed E-state index contributed by atoms with van der Waals surface area (Å²) in [7, 11) is 1.56. The molecule has 2 aromatic rings. The van der Waals surface area contributed by atoms with E-state index in [2.05, 4.69) is 15.0 Å². The van der Waals surface area contributed by atoms with E-state index in [0.717, 1.165) is 0 Å². The van der Waals surface area contributed by atoms with Crippen LogP contribution in [0.3, 0.4) is 0 Å². The number of aromatic nitrogens is 4. The fraction of sp³-hybridized carbons (Fsp3) is 0.615. The molecule has 4 atom stereocenters. The number of rotatable bonds is 6. The molecule has 1 saturated heterocycles. The molecule has 1 fully saturated rings. The molecule has 0 spiro atoms. The lowest BCUT2D eigenvalue weighted by atomic mass is 10.1. The van der Waals surface area contributed by atoms with E-state index in [0.29, 0.717) is 17.8 Å². The molecule has 0 unspecified atom stereocenters. The van der Waals surface area contributed by atoms with Crippen molar-refractivity contribution in [3.8, 4) is 0 Å². The number of anilines is 1. The molecule has 3 heterocycles. The Bertz CT molecular complexity index is 665. The highest BCUT2D eigenvalue weighted by Crippen LogP contribution is 2.33. The van der Waals surface area contributed by atoms with Crippen molar-refractivity contribution >= 4 is 17.0 Å². The number of nitrogens with zero attached hydrogens (tertiary/aromatic N) is 4. The average molecular weight is 325 g/mol. The third-order valence-electron chi connectivity index (χ3n) is 3.75. The van der Waals surface area contributed by atoms with Crippen LogP contribution in [0.1, 0.15) is 6.23 Å². The van der Waals surface area contributed by atoms with Crippen molar-refractivity contribution in [1.29, 1.82) is 0 Å². The number of aliphatic hydroxyl groups is 2. The van der Waals surface area contributed by atoms with Gasteiger partial charge in [-0.25, -0.2) is 15.0 Å². The van der Waals surface area contributed by atoms with Gasteiger partial charge < -0.3 is 30.2 Å². The first-order chi connectivity index (χ1) is 11.2. The topological polar surface area (TPSA) is 138 Å². The maximum atomic E-state index is 10.3. The summed E-state index contributed by atoms with van der Waals surface area (Å²) in [5.74, 6) is 0.253. The summed E-state index contributed by atoms with van der Waals surface area (Å²) < 4.78 is 17.9. The van der Waals surface area contributed by atoms with Gasteiger partial charge in [0.2, 0.25) is 0 Å². The first-order valence-corrected chi connectivity index (χ1v) is 7.15. The van der Waals surface area contributed by atoms with Crippen molar-refractivity contribution < 1.29 is 24.4 Å². The lowest BCUT2D eigenvalue weighted by Gasteiger charge is -2.21. The molecule has 4 N–H and O–H groups in total. The molecule has 0 amide bonds. The summed E-state index contributed by atoms with van der Waals surface area (Å²) in [5.41, 5.74) is 6.68. The van der Waals surface area contributed by atoms with E-state index in [-0.39, 0.29) is 19.0 Å². The van der Waals surface area contributed by atoms with E-state index >= 15 is 0 Å². The average Bonchev–Trinajstić information content (AvgIpc) is 3.10. The largest absolute Gasteiger partial charge is 0.394 e. The molecule has 0 saturated carbocycles. The normalized spacial score (nSPS) is 27.8. The van der Waals surface area contributed by atoms with Crippen LogP contribution in [0.2, 0.25) is 0 Å². The van der Waals surface area contributed by atoms with Gasteiger partial charge in [0, 0.05) is 7.11 Å². The number of hydrogen-bond acceptors (Lipinski definition) is 9. The number of nitrogens with two attached hydrogens (primary N) is 1. The minimum absolute atomic E-state index is 0.253. The second-order valence-electron chi connectivity index (χ2n) is 5.15. The molecule has 10 heteroatoms. The van der Waals surface area contributed by atoms with Crippen LogP contribution in [0, 0.1) is 0 Å². The highest BCUT2D eigenvalue weighted by Gasteiger charge is 2.45. The van der Waals surface area contributed by atoms with Crippen molar-refractivity contribution in [1.82, 2.24) is 19.5 Å². The Labute approximate surface area is 131 Å². The molecule has 126 valence electrons. The minimum atomic E-state index is -0.988. The SMILES string of the molecule is COCCO[C@@H]1[C@H](O)[C@@H](CO)O[C@@H]1n1cnc2c(N)ncnc21. The number of hydrogen-bond donors (Lipinski definition) is 3. The van der Waals surface area contributed by atoms with E-state index in [1.807, 2.05) is 0 Å². The van der Waals surface area contributed by atoms with Crippen molar-refractivity contribution in [2.75, 3.05) is 32.7 Å². The van der Waals surface area contributed by atoms with Gasteiger partial charge in [0.05, 0.1) is 26.1 Å². The fourth-order valence-electron chi connectivity index (χ4n) is 2.60. The number of methoxy groups -OCH3 is 1. The fourth-order valence-corrected chi connectivity index (χ4v) is 2.60. The monoisotopic (exact) mass is 325 g/mol. The summed E-state index contributed by atoms with van der Waals surface area (Å²) >= 11 is 0. The molecule has 10 nitrogen and oxygen atoms in total. The first-order valence-electron chi connectivity index (χ1n) is 7.15. The molecule has 0 radical (unpaired) electrons. The molecule has 0 aliphatic carbocycles. The Morgan fingerprint density at radius 3 is 2.91 bits per heavy atom. The quantitative estimate of drug-likeness (QED) is 0.553. The summed E-state index contributed by atoms with van der Waals surface area (Å²) in [6.45, 7) is 0.324. The van der Waals surface area contributed by atoms with Crippen LogP contribution in [-0.2, 0) is 14.2 Å². The Morgan fingerprint density at radius 2 is 2.17 bits per heavy atom. The van der Waals surface area contributed by atoms with Crippen LogP contribution in [0.25, 0.3) is 11.2 Å². The van der Waals surface area contributed by atoms with Gasteiger partial charge in [-0.2, -0.15) is 0 Å². The van der Waals surface area contributed by atoms with Crippen LogP contribution < -0.4 is 5.73 Å². The van der Waals surface area contributed by atoms with Crippen LogP contribution in [0.4, 0.5) is 5.82 Å². The standard InChI is InChI=1S/C13H19N5O5/c1-21-2-3-22-10-9(20)7(4-19)23-13(10)18-6-17-8-11(14)15-5-16-12(8)18/h5-7,9-10,13,19-20H,2-4H2,1H3,(H2,14,15,16)/t7-,9-,10-,13+/m1/s1. The van der Waals surface area contributed by atoms with Crippen LogP contribution in [-0.4, -0.2) is 75.0 Å². The molecular weight excluding hydrogens is 306 g/mol. The van der Waals surface area contributed by atoms with Gasteiger partial charge in [-0.3, -0.25) is 4.57 Å². The predicted molar refractivity (Wildman–Crippen MR) is 78.4 cm³/mol. The van der Waals surface area contributed by atoms with Gasteiger partial charge >= 0.3 is 0 Å². The third-order valence-corrected chi connectivity index (χ3v) is 3.75. The number of ether oxygens (including phenoxy) is 3. The van der Waals surface area contributed by atoms with Gasteiger partial charge in [-0.1, -0.05) is 0 Å². The van der Waals surface area contributed by atoms with E-state index in [9.17, 15) is 10.2 Å². The van der Waals surface area contributed by atoms with Gasteiger partial charge in [0.15, 0.2) is 17.7 Å². The summed E-state index contributed by atoms with van der Waals surface area (Å²) in [6, 6.07) is 0. The predicted octanol–water partition coefficient (Wildman–Crippen LogP) is -1.31. The lowest BCUT2D eigenvalue weighted by Crippen LogP contribution is -2.36. The highest BCUT2D eigenvalue weighted by atomic mass is 16.6. The second kappa shape index (κ2) is 6.72. The highest BCUT2D eigenvalue weighted by molar-refractivity contribution is 5.81. The van der Waals surface area contributed by atoms with Crippen molar-refractivity contribution in [2.24, 2.45) is 0 Å². The van der Waals surface area contributed by atoms with Gasteiger partial charge in [0.1, 0.15) is 30.2 Å². The zero-order chi connectivity index (χ0) is 16.4. The number of fused-ring (bicyclic) bond motifs is 1. The summed E-state index contributed by atoms with van der Waals surface area (Å²) in [4.78, 5) is 12.2. The van der Waals surface area contributed by atoms with Crippen molar-refractivity contribution in [3.05, 3.63) is 12.7 Å². The van der Waals surface area contributed by atoms with Crippen LogP contribution in [0.5, 0.6) is 0 Å². The third kappa shape index (κ3) is 2.86. The lowest BCUT2D eigenvalue weighted by molar-refractivity contribution is -0.0785. The van der Waals surface area contributed by atoms with E-state index in [1.54, 1.807) is 11.7 Å². The molecule has 23 heavy (non-hydrogen) atoms. The number of aliphatic hydroxyl groups excluding tert-OH is 2. The van der Waals surface area contributed by atoms with Crippen LogP contribution >= 0.6 is 0 Å². The molecule has 1 aliphatic heterocycles. The molecule has 0 aromatic carbocycles. The Balaban J connectivity index is 1.92. The zero-order valence-electron chi connectivity index (χ0n) is 12.6. The zero-order valence-corrected chi connectivity index (χ0v) is 12.6. The maximum absolute atomic E-state index is 10.3. The van der Waals surface area contributed by atoms with Gasteiger partial charge in [0.25, 0.3) is 0 Å². The Hall–Kier alpha value is -1.85.